The highest BCUT2D eigenvalue weighted by molar-refractivity contribution is 6.07. The molecule has 0 aliphatic carbocycles. The number of fused-ring (bicyclic) bond motifs is 1. The molecule has 9 heteroatoms. The van der Waals surface area contributed by atoms with Crippen LogP contribution in [-0.4, -0.2) is 33.2 Å². The van der Waals surface area contributed by atoms with Crippen LogP contribution in [0.4, 0.5) is 14.6 Å². The summed E-state index contributed by atoms with van der Waals surface area (Å²) in [7, 11) is 0. The molecule has 162 valence electrons. The van der Waals surface area contributed by atoms with Crippen LogP contribution in [0.5, 0.6) is 0 Å². The molecule has 0 atom stereocenters. The third-order valence-corrected chi connectivity index (χ3v) is 4.80. The average molecular weight is 436 g/mol. The molecule has 4 rings (SSSR count). The monoisotopic (exact) mass is 436 g/mol. The van der Waals surface area contributed by atoms with Gasteiger partial charge in [-0.2, -0.15) is 9.78 Å². The van der Waals surface area contributed by atoms with E-state index in [0.717, 1.165) is 29.1 Å². The molecule has 0 aliphatic rings. The maximum absolute atomic E-state index is 14.1. The van der Waals surface area contributed by atoms with Crippen LogP contribution in [0, 0.1) is 18.6 Å². The first-order chi connectivity index (χ1) is 15.4. The van der Waals surface area contributed by atoms with Gasteiger partial charge >= 0.3 is 5.97 Å². The van der Waals surface area contributed by atoms with Gasteiger partial charge in [-0.15, -0.1) is 0 Å². The van der Waals surface area contributed by atoms with Crippen molar-refractivity contribution >= 4 is 28.6 Å². The van der Waals surface area contributed by atoms with E-state index in [1.807, 2.05) is 31.2 Å². The normalized spacial score (nSPS) is 10.9. The number of carbonyl (C=O) groups excluding carboxylic acids is 2. The van der Waals surface area contributed by atoms with E-state index in [4.69, 9.17) is 4.74 Å². The highest BCUT2D eigenvalue weighted by atomic mass is 19.1. The number of benzene rings is 2. The van der Waals surface area contributed by atoms with Crippen LogP contribution in [0.1, 0.15) is 33.2 Å². The molecule has 0 bridgehead atoms. The van der Waals surface area contributed by atoms with Crippen LogP contribution in [-0.2, 0) is 4.74 Å². The van der Waals surface area contributed by atoms with Gasteiger partial charge in [0.05, 0.1) is 23.9 Å². The molecule has 0 aliphatic heterocycles. The number of amides is 1. The molecule has 0 unspecified atom stereocenters. The summed E-state index contributed by atoms with van der Waals surface area (Å²) < 4.78 is 34.0. The Labute approximate surface area is 181 Å². The number of carbonyl (C=O) groups is 2. The van der Waals surface area contributed by atoms with Crippen molar-refractivity contribution in [3.05, 3.63) is 83.1 Å². The van der Waals surface area contributed by atoms with E-state index in [1.54, 1.807) is 13.0 Å². The van der Waals surface area contributed by atoms with Crippen molar-refractivity contribution in [2.45, 2.75) is 13.8 Å². The number of aryl methyl sites for hydroxylation is 1. The van der Waals surface area contributed by atoms with Crippen molar-refractivity contribution in [1.82, 2.24) is 14.8 Å². The Balaban J connectivity index is 1.83. The minimum atomic E-state index is -0.952. The van der Waals surface area contributed by atoms with Crippen LogP contribution in [0.3, 0.4) is 0 Å². The predicted octanol–water partition coefficient (Wildman–Crippen LogP) is 4.44. The Bertz CT molecular complexity index is 1350. The lowest BCUT2D eigenvalue weighted by atomic mass is 10.1. The fourth-order valence-corrected chi connectivity index (χ4v) is 3.29. The molecule has 0 saturated heterocycles. The number of hydrogen-bond acceptors (Lipinski definition) is 5. The standard InChI is InChI=1S/C23H18F2N4O3/c1-3-32-23(31)17-12-26-29(20-10-13(2)15-6-4-5-7-19(15)27-20)21(17)28-22(30)16-11-14(24)8-9-18(16)25/h4-12H,3H2,1-2H3,(H,28,30). The second-order valence-corrected chi connectivity index (χ2v) is 6.93. The first kappa shape index (κ1) is 21.1. The molecular formula is C23H18F2N4O3. The lowest BCUT2D eigenvalue weighted by Gasteiger charge is -2.12. The van der Waals surface area contributed by atoms with Gasteiger partial charge in [0, 0.05) is 5.39 Å². The molecule has 2 heterocycles. The Morgan fingerprint density at radius 3 is 2.66 bits per heavy atom. The predicted molar refractivity (Wildman–Crippen MR) is 114 cm³/mol. The van der Waals surface area contributed by atoms with Gasteiger partial charge in [-0.1, -0.05) is 18.2 Å². The Morgan fingerprint density at radius 2 is 1.88 bits per heavy atom. The van der Waals surface area contributed by atoms with Gasteiger partial charge in [-0.05, 0) is 49.7 Å². The van der Waals surface area contributed by atoms with E-state index in [1.165, 1.54) is 10.9 Å². The highest BCUT2D eigenvalue weighted by Crippen LogP contribution is 2.25. The molecule has 0 saturated carbocycles. The van der Waals surface area contributed by atoms with Gasteiger partial charge in [0.25, 0.3) is 5.91 Å². The molecule has 32 heavy (non-hydrogen) atoms. The molecule has 2 aromatic carbocycles. The zero-order chi connectivity index (χ0) is 22.8. The number of pyridine rings is 1. The summed E-state index contributed by atoms with van der Waals surface area (Å²) in [5, 5.41) is 7.59. The molecular weight excluding hydrogens is 418 g/mol. The molecule has 7 nitrogen and oxygen atoms in total. The van der Waals surface area contributed by atoms with Crippen LogP contribution < -0.4 is 5.32 Å². The first-order valence-electron chi connectivity index (χ1n) is 9.77. The topological polar surface area (TPSA) is 86.1 Å². The van der Waals surface area contributed by atoms with E-state index < -0.39 is 29.1 Å². The lowest BCUT2D eigenvalue weighted by Crippen LogP contribution is -2.19. The van der Waals surface area contributed by atoms with Crippen molar-refractivity contribution < 1.29 is 23.1 Å². The van der Waals surface area contributed by atoms with Crippen LogP contribution in [0.2, 0.25) is 0 Å². The number of esters is 1. The number of halogens is 2. The quantitative estimate of drug-likeness (QED) is 0.468. The molecule has 0 spiro atoms. The van der Waals surface area contributed by atoms with Crippen LogP contribution >= 0.6 is 0 Å². The largest absolute Gasteiger partial charge is 0.462 e. The third-order valence-electron chi connectivity index (χ3n) is 4.80. The fourth-order valence-electron chi connectivity index (χ4n) is 3.29. The molecule has 0 radical (unpaired) electrons. The molecule has 1 N–H and O–H groups in total. The van der Waals surface area contributed by atoms with Crippen molar-refractivity contribution in [2.24, 2.45) is 0 Å². The van der Waals surface area contributed by atoms with Crippen molar-refractivity contribution in [2.75, 3.05) is 11.9 Å². The first-order valence-corrected chi connectivity index (χ1v) is 9.77. The number of aromatic nitrogens is 3. The number of hydrogen-bond donors (Lipinski definition) is 1. The van der Waals surface area contributed by atoms with Gasteiger partial charge in [-0.25, -0.2) is 18.6 Å². The fraction of sp³-hybridized carbons (Fsp3) is 0.130. The molecule has 0 fully saturated rings. The molecule has 1 amide bonds. The maximum Gasteiger partial charge on any atom is 0.343 e. The van der Waals surface area contributed by atoms with E-state index in [0.29, 0.717) is 11.3 Å². The van der Waals surface area contributed by atoms with E-state index >= 15 is 0 Å². The number of anilines is 1. The maximum atomic E-state index is 14.1. The zero-order valence-corrected chi connectivity index (χ0v) is 17.2. The Hall–Kier alpha value is -4.14. The summed E-state index contributed by atoms with van der Waals surface area (Å²) in [6.45, 7) is 3.63. The summed E-state index contributed by atoms with van der Waals surface area (Å²) in [5.41, 5.74) is 1.01. The van der Waals surface area contributed by atoms with Crippen LogP contribution in [0.15, 0.2) is 54.7 Å². The van der Waals surface area contributed by atoms with E-state index in [-0.39, 0.29) is 18.0 Å². The van der Waals surface area contributed by atoms with Gasteiger partial charge < -0.3 is 10.1 Å². The average Bonchev–Trinajstić information content (AvgIpc) is 3.19. The van der Waals surface area contributed by atoms with E-state index in [2.05, 4.69) is 15.4 Å². The van der Waals surface area contributed by atoms with Gasteiger partial charge in [0.15, 0.2) is 11.6 Å². The number of rotatable bonds is 5. The Morgan fingerprint density at radius 1 is 1.09 bits per heavy atom. The number of nitrogens with one attached hydrogen (secondary N) is 1. The smallest absolute Gasteiger partial charge is 0.343 e. The van der Waals surface area contributed by atoms with Crippen molar-refractivity contribution in [1.29, 1.82) is 0 Å². The lowest BCUT2D eigenvalue weighted by molar-refractivity contribution is 0.0527. The second-order valence-electron chi connectivity index (χ2n) is 6.93. The Kier molecular flexibility index (Phi) is 5.63. The molecule has 2 aromatic heterocycles. The number of para-hydroxylation sites is 1. The second kappa shape index (κ2) is 8.54. The summed E-state index contributed by atoms with van der Waals surface area (Å²) in [4.78, 5) is 29.8. The van der Waals surface area contributed by atoms with Gasteiger partial charge in [-0.3, -0.25) is 4.79 Å². The number of nitrogens with zero attached hydrogens (tertiary/aromatic N) is 3. The summed E-state index contributed by atoms with van der Waals surface area (Å²) in [6, 6.07) is 11.7. The minimum absolute atomic E-state index is 0.0513. The van der Waals surface area contributed by atoms with Gasteiger partial charge in [0.1, 0.15) is 17.2 Å². The molecule has 4 aromatic rings. The third kappa shape index (κ3) is 3.92. The highest BCUT2D eigenvalue weighted by Gasteiger charge is 2.24. The number of ether oxygens (including phenoxy) is 1. The SMILES string of the molecule is CCOC(=O)c1cnn(-c2cc(C)c3ccccc3n2)c1NC(=O)c1cc(F)ccc1F. The summed E-state index contributed by atoms with van der Waals surface area (Å²) >= 11 is 0. The van der Waals surface area contributed by atoms with Crippen molar-refractivity contribution in [3.8, 4) is 5.82 Å². The minimum Gasteiger partial charge on any atom is -0.462 e. The van der Waals surface area contributed by atoms with Crippen LogP contribution in [0.25, 0.3) is 16.7 Å². The summed E-state index contributed by atoms with van der Waals surface area (Å²) in [5.74, 6) is -3.11. The summed E-state index contributed by atoms with van der Waals surface area (Å²) in [6.07, 6.45) is 1.22. The van der Waals surface area contributed by atoms with Crippen molar-refractivity contribution in [3.63, 3.8) is 0 Å². The van der Waals surface area contributed by atoms with E-state index in [9.17, 15) is 18.4 Å². The zero-order valence-electron chi connectivity index (χ0n) is 17.2. The van der Waals surface area contributed by atoms with Gasteiger partial charge in [0.2, 0.25) is 0 Å².